The Balaban J connectivity index is 1.31. The molecular weight excluding hydrogens is 448 g/mol. The zero-order chi connectivity index (χ0) is 24.6. The molecule has 2 unspecified atom stereocenters. The number of amides is 2. The van der Waals surface area contributed by atoms with Crippen molar-refractivity contribution in [2.75, 3.05) is 18.0 Å². The van der Waals surface area contributed by atoms with Crippen LogP contribution in [0.3, 0.4) is 0 Å². The van der Waals surface area contributed by atoms with Gasteiger partial charge >= 0.3 is 0 Å². The largest absolute Gasteiger partial charge is 0.335 e. The average Bonchev–Trinajstić information content (AvgIpc) is 3.48. The summed E-state index contributed by atoms with van der Waals surface area (Å²) in [6, 6.07) is 26.3. The van der Waals surface area contributed by atoms with E-state index in [0.29, 0.717) is 13.0 Å². The number of benzene rings is 3. The second-order valence-corrected chi connectivity index (χ2v) is 9.86. The second-order valence-electron chi connectivity index (χ2n) is 9.86. The van der Waals surface area contributed by atoms with Gasteiger partial charge in [-0.1, -0.05) is 60.7 Å². The van der Waals surface area contributed by atoms with Crippen LogP contribution in [0.5, 0.6) is 0 Å². The number of para-hydroxylation sites is 3. The Morgan fingerprint density at radius 3 is 2.61 bits per heavy atom. The fraction of sp³-hybridized carbons (Fsp3) is 0.300. The Morgan fingerprint density at radius 1 is 1.00 bits per heavy atom. The van der Waals surface area contributed by atoms with E-state index in [4.69, 9.17) is 4.98 Å². The molecule has 182 valence electrons. The number of fused-ring (bicyclic) bond motifs is 2. The van der Waals surface area contributed by atoms with Gasteiger partial charge in [-0.25, -0.2) is 4.98 Å². The van der Waals surface area contributed by atoms with E-state index in [1.165, 1.54) is 5.56 Å². The zero-order valence-electron chi connectivity index (χ0n) is 20.5. The van der Waals surface area contributed by atoms with Crippen LogP contribution < -0.4 is 4.90 Å². The number of aromatic nitrogens is 2. The summed E-state index contributed by atoms with van der Waals surface area (Å²) < 4.78 is 2.05. The minimum Gasteiger partial charge on any atom is -0.335 e. The lowest BCUT2D eigenvalue weighted by atomic mass is 10.0. The van der Waals surface area contributed by atoms with E-state index in [9.17, 15) is 9.59 Å². The van der Waals surface area contributed by atoms with Gasteiger partial charge in [-0.15, -0.1) is 0 Å². The van der Waals surface area contributed by atoms with Crippen LogP contribution in [0.15, 0.2) is 78.9 Å². The molecule has 1 saturated heterocycles. The van der Waals surface area contributed by atoms with Gasteiger partial charge in [-0.2, -0.15) is 0 Å². The van der Waals surface area contributed by atoms with Crippen LogP contribution in [0.25, 0.3) is 11.0 Å². The van der Waals surface area contributed by atoms with Crippen molar-refractivity contribution in [3.8, 4) is 0 Å². The highest BCUT2D eigenvalue weighted by atomic mass is 16.2. The molecule has 2 amide bonds. The highest BCUT2D eigenvalue weighted by molar-refractivity contribution is 5.95. The number of carbonyl (C=O) groups excluding carboxylic acids is 2. The number of aryl methyl sites for hydroxylation is 1. The van der Waals surface area contributed by atoms with Gasteiger partial charge in [0, 0.05) is 31.1 Å². The monoisotopic (exact) mass is 478 g/mol. The van der Waals surface area contributed by atoms with Gasteiger partial charge in [0.25, 0.3) is 0 Å². The molecule has 0 spiro atoms. The van der Waals surface area contributed by atoms with Crippen molar-refractivity contribution >= 4 is 28.5 Å². The highest BCUT2D eigenvalue weighted by Crippen LogP contribution is 2.35. The topological polar surface area (TPSA) is 58.4 Å². The Morgan fingerprint density at radius 2 is 1.75 bits per heavy atom. The van der Waals surface area contributed by atoms with Gasteiger partial charge in [0.05, 0.1) is 17.1 Å². The Bertz CT molecular complexity index is 1430. The molecule has 1 fully saturated rings. The summed E-state index contributed by atoms with van der Waals surface area (Å²) in [6.45, 7) is 3.61. The molecule has 4 aromatic rings. The van der Waals surface area contributed by atoms with Crippen molar-refractivity contribution in [1.29, 1.82) is 0 Å². The first-order chi connectivity index (χ1) is 17.6. The predicted octanol–water partition coefficient (Wildman–Crippen LogP) is 5.09. The van der Waals surface area contributed by atoms with Crippen molar-refractivity contribution in [2.45, 2.75) is 44.7 Å². The first-order valence-electron chi connectivity index (χ1n) is 12.8. The minimum atomic E-state index is -0.0579. The summed E-state index contributed by atoms with van der Waals surface area (Å²) in [5.41, 5.74) is 5.16. The van der Waals surface area contributed by atoms with Gasteiger partial charge < -0.3 is 14.4 Å². The van der Waals surface area contributed by atoms with Gasteiger partial charge in [0.1, 0.15) is 12.4 Å². The molecule has 0 radical (unpaired) electrons. The van der Waals surface area contributed by atoms with Crippen LogP contribution in [-0.2, 0) is 22.6 Å². The van der Waals surface area contributed by atoms with Crippen molar-refractivity contribution in [3.05, 3.63) is 95.8 Å². The first kappa shape index (κ1) is 22.5. The van der Waals surface area contributed by atoms with Crippen LogP contribution in [0.4, 0.5) is 5.69 Å². The molecule has 36 heavy (non-hydrogen) atoms. The maximum Gasteiger partial charge on any atom is 0.246 e. The predicted molar refractivity (Wildman–Crippen MR) is 141 cm³/mol. The van der Waals surface area contributed by atoms with E-state index in [2.05, 4.69) is 25.1 Å². The lowest BCUT2D eigenvalue weighted by Crippen LogP contribution is -2.38. The van der Waals surface area contributed by atoms with Gasteiger partial charge in [0.2, 0.25) is 11.8 Å². The van der Waals surface area contributed by atoms with E-state index in [0.717, 1.165) is 47.5 Å². The average molecular weight is 479 g/mol. The highest BCUT2D eigenvalue weighted by Gasteiger charge is 2.37. The van der Waals surface area contributed by atoms with Crippen molar-refractivity contribution in [2.24, 2.45) is 0 Å². The third-order valence-corrected chi connectivity index (χ3v) is 7.66. The fourth-order valence-corrected chi connectivity index (χ4v) is 5.78. The Kier molecular flexibility index (Phi) is 5.80. The maximum absolute atomic E-state index is 13.7. The van der Waals surface area contributed by atoms with Gasteiger partial charge in [0.15, 0.2) is 0 Å². The quantitative estimate of drug-likeness (QED) is 0.401. The van der Waals surface area contributed by atoms with Crippen LogP contribution >= 0.6 is 0 Å². The third-order valence-electron chi connectivity index (χ3n) is 7.66. The van der Waals surface area contributed by atoms with E-state index in [1.807, 2.05) is 75.0 Å². The summed E-state index contributed by atoms with van der Waals surface area (Å²) in [5, 5.41) is 0. The lowest BCUT2D eigenvalue weighted by Gasteiger charge is -2.30. The molecule has 2 aliphatic heterocycles. The van der Waals surface area contributed by atoms with Gasteiger partial charge in [-0.3, -0.25) is 9.59 Å². The molecule has 6 heteroatoms. The SMILES string of the molecule is CC(c1ccccc1)N1CC(c2nc3ccccc3n2CC(=O)N2CCCc3ccccc32)CC1=O. The maximum atomic E-state index is 13.7. The van der Waals surface area contributed by atoms with E-state index >= 15 is 0 Å². The Labute approximate surface area is 211 Å². The van der Waals surface area contributed by atoms with Gasteiger partial charge in [-0.05, 0) is 49.1 Å². The van der Waals surface area contributed by atoms with Crippen molar-refractivity contribution in [1.82, 2.24) is 14.5 Å². The van der Waals surface area contributed by atoms with E-state index in [1.54, 1.807) is 0 Å². The minimum absolute atomic E-state index is 0.00647. The zero-order valence-corrected chi connectivity index (χ0v) is 20.5. The molecule has 2 atom stereocenters. The standard InChI is InChI=1S/C30H30N4O2/c1-21(22-10-3-2-4-11-22)33-19-24(18-28(33)35)30-31-25-14-6-8-16-27(25)34(30)20-29(36)32-17-9-13-23-12-5-7-15-26(23)32/h2-8,10-12,14-16,21,24H,9,13,17-20H2,1H3. The number of nitrogens with zero attached hydrogens (tertiary/aromatic N) is 4. The Hall–Kier alpha value is -3.93. The molecular formula is C30H30N4O2. The summed E-state index contributed by atoms with van der Waals surface area (Å²) >= 11 is 0. The number of hydrogen-bond acceptors (Lipinski definition) is 3. The van der Waals surface area contributed by atoms with Crippen LogP contribution in [0, 0.1) is 0 Å². The summed E-state index contributed by atoms with van der Waals surface area (Å²) in [4.78, 5) is 35.6. The van der Waals surface area contributed by atoms with E-state index < -0.39 is 0 Å². The summed E-state index contributed by atoms with van der Waals surface area (Å²) in [7, 11) is 0. The molecule has 0 aliphatic carbocycles. The molecule has 2 aliphatic rings. The molecule has 0 saturated carbocycles. The van der Waals surface area contributed by atoms with Crippen molar-refractivity contribution < 1.29 is 9.59 Å². The molecule has 3 aromatic carbocycles. The first-order valence-corrected chi connectivity index (χ1v) is 12.8. The lowest BCUT2D eigenvalue weighted by molar-refractivity contribution is -0.129. The van der Waals surface area contributed by atoms with Crippen LogP contribution in [-0.4, -0.2) is 39.4 Å². The summed E-state index contributed by atoms with van der Waals surface area (Å²) in [5.74, 6) is 0.958. The number of anilines is 1. The number of hydrogen-bond donors (Lipinski definition) is 0. The smallest absolute Gasteiger partial charge is 0.246 e. The molecule has 0 bridgehead atoms. The molecule has 0 N–H and O–H groups in total. The van der Waals surface area contributed by atoms with Crippen LogP contribution in [0.2, 0.25) is 0 Å². The molecule has 1 aromatic heterocycles. The normalized spacial score (nSPS) is 18.5. The number of imidazole rings is 1. The third kappa shape index (κ3) is 3.96. The molecule has 3 heterocycles. The molecule has 6 rings (SSSR count). The molecule has 6 nitrogen and oxygen atoms in total. The number of carbonyl (C=O) groups is 2. The van der Waals surface area contributed by atoms with Crippen LogP contribution in [0.1, 0.15) is 48.7 Å². The second kappa shape index (κ2) is 9.26. The number of rotatable bonds is 5. The number of likely N-dealkylation sites (tertiary alicyclic amines) is 1. The fourth-order valence-electron chi connectivity index (χ4n) is 5.78. The van der Waals surface area contributed by atoms with Crippen molar-refractivity contribution in [3.63, 3.8) is 0 Å². The van der Waals surface area contributed by atoms with E-state index in [-0.39, 0.29) is 30.3 Å². The summed E-state index contributed by atoms with van der Waals surface area (Å²) in [6.07, 6.45) is 2.36.